The molecule has 0 spiro atoms. The molecule has 6 unspecified atom stereocenters. The van der Waals surface area contributed by atoms with Crippen LogP contribution in [0.1, 0.15) is 40.8 Å². The first-order valence-electron chi connectivity index (χ1n) is 13.7. The first-order chi connectivity index (χ1) is 21.2. The molecule has 6 atom stereocenters. The molecule has 18 heteroatoms. The Kier molecular flexibility index (Phi) is 9.95. The van der Waals surface area contributed by atoms with Gasteiger partial charge in [-0.3, -0.25) is 18.7 Å². The molecule has 0 bridgehead atoms. The van der Waals surface area contributed by atoms with Gasteiger partial charge in [-0.1, -0.05) is 12.1 Å². The lowest BCUT2D eigenvalue weighted by Crippen LogP contribution is -2.39. The Hall–Kier alpha value is -4.33. The van der Waals surface area contributed by atoms with Crippen molar-refractivity contribution in [2.75, 3.05) is 19.5 Å². The Labute approximate surface area is 258 Å². The van der Waals surface area contributed by atoms with E-state index in [1.165, 1.54) is 57.0 Å². The molecule has 2 aromatic heterocycles. The number of hydrogen-bond acceptors (Lipinski definition) is 15. The van der Waals surface area contributed by atoms with Gasteiger partial charge in [0.25, 0.3) is 0 Å². The fourth-order valence-electron chi connectivity index (χ4n) is 4.52. The molecule has 0 aliphatic carbocycles. The van der Waals surface area contributed by atoms with E-state index in [-0.39, 0.29) is 34.5 Å². The van der Waals surface area contributed by atoms with Gasteiger partial charge in [0, 0.05) is 6.92 Å². The highest BCUT2D eigenvalue weighted by molar-refractivity contribution is 7.52. The lowest BCUT2D eigenvalue weighted by molar-refractivity contribution is -0.149. The zero-order chi connectivity index (χ0) is 33.1. The van der Waals surface area contributed by atoms with E-state index in [0.717, 1.165) is 0 Å². The maximum atomic E-state index is 14.1. The smallest absolute Gasteiger partial charge is 0.459 e. The van der Waals surface area contributed by atoms with E-state index in [1.807, 2.05) is 0 Å². The molecule has 45 heavy (non-hydrogen) atoms. The molecule has 0 amide bonds. The Morgan fingerprint density at radius 1 is 1.27 bits per heavy atom. The number of rotatable bonds is 12. The van der Waals surface area contributed by atoms with Crippen LogP contribution in [0.5, 0.6) is 17.4 Å². The van der Waals surface area contributed by atoms with Crippen LogP contribution in [0.4, 0.5) is 5.95 Å². The van der Waals surface area contributed by atoms with Gasteiger partial charge >= 0.3 is 19.7 Å². The normalized spacial score (nSPS) is 23.2. The second kappa shape index (κ2) is 13.3. The number of anilines is 1. The lowest BCUT2D eigenvalue weighted by Gasteiger charge is -2.26. The van der Waals surface area contributed by atoms with Crippen molar-refractivity contribution >= 4 is 36.8 Å². The second-order valence-electron chi connectivity index (χ2n) is 10.5. The maximum absolute atomic E-state index is 14.1. The molecule has 3 aromatic rings. The standard InChI is InChI=1S/C27H34N7O10P/c1-14(2)41-24(37)15(3)33-45(38,44-18-10-8-7-9-17(18)42-16(4)35)40-11-19-21(36)27(5,12-28)25(43-19)34-13-30-20-22(34)31-26(29)32-23(20)39-6/h7-10,13-15,19,21,25,36H,11H2,1-6H3,(H,33,38)(H2,29,31,32). The van der Waals surface area contributed by atoms with Crippen molar-refractivity contribution < 1.29 is 47.3 Å². The van der Waals surface area contributed by atoms with E-state index < -0.39 is 62.3 Å². The number of aromatic nitrogens is 4. The summed E-state index contributed by atoms with van der Waals surface area (Å²) in [7, 11) is -3.14. The molecule has 1 saturated heterocycles. The number of carbonyl (C=O) groups excluding carboxylic acids is 2. The molecule has 1 aliphatic heterocycles. The van der Waals surface area contributed by atoms with Gasteiger partial charge < -0.3 is 34.3 Å². The summed E-state index contributed by atoms with van der Waals surface area (Å²) in [6.07, 6.45) is -3.04. The minimum atomic E-state index is -4.52. The number of nitrogens with two attached hydrogens (primary N) is 1. The number of nitrogens with one attached hydrogen (secondary N) is 1. The molecular weight excluding hydrogens is 613 g/mol. The number of para-hydroxylation sites is 2. The molecule has 1 fully saturated rings. The molecule has 0 radical (unpaired) electrons. The van der Waals surface area contributed by atoms with Crippen molar-refractivity contribution in [3.8, 4) is 23.4 Å². The van der Waals surface area contributed by atoms with Crippen LogP contribution in [0.15, 0.2) is 30.6 Å². The van der Waals surface area contributed by atoms with E-state index in [1.54, 1.807) is 19.9 Å². The fourth-order valence-corrected chi connectivity index (χ4v) is 6.03. The first-order valence-corrected chi connectivity index (χ1v) is 15.2. The van der Waals surface area contributed by atoms with Crippen LogP contribution >= 0.6 is 7.75 Å². The van der Waals surface area contributed by atoms with Crippen molar-refractivity contribution in [1.29, 1.82) is 5.26 Å². The summed E-state index contributed by atoms with van der Waals surface area (Å²) in [5.41, 5.74) is 4.65. The number of ether oxygens (including phenoxy) is 4. The number of nitriles is 1. The molecule has 1 aromatic carbocycles. The number of nitrogens with zero attached hydrogens (tertiary/aromatic N) is 5. The van der Waals surface area contributed by atoms with Gasteiger partial charge in [-0.2, -0.15) is 20.3 Å². The van der Waals surface area contributed by atoms with Gasteiger partial charge in [-0.25, -0.2) is 9.55 Å². The summed E-state index contributed by atoms with van der Waals surface area (Å²) >= 11 is 0. The topological polar surface area (TPSA) is 232 Å². The zero-order valence-electron chi connectivity index (χ0n) is 25.4. The molecule has 242 valence electrons. The number of aliphatic hydroxyl groups excluding tert-OH is 1. The maximum Gasteiger partial charge on any atom is 0.459 e. The Balaban J connectivity index is 1.64. The van der Waals surface area contributed by atoms with Gasteiger partial charge in [0.15, 0.2) is 28.9 Å². The number of hydrogen-bond donors (Lipinski definition) is 3. The minimum absolute atomic E-state index is 0.0639. The predicted octanol–water partition coefficient (Wildman–Crippen LogP) is 2.26. The summed E-state index contributed by atoms with van der Waals surface area (Å²) < 4.78 is 48.6. The SMILES string of the molecule is COc1nc(N)nc2c1ncn2C1OC(COP(=O)(NC(C)C(=O)OC(C)C)Oc2ccccc2OC(C)=O)C(O)C1(C)C#N. The van der Waals surface area contributed by atoms with Crippen molar-refractivity contribution in [3.63, 3.8) is 0 Å². The summed E-state index contributed by atoms with van der Waals surface area (Å²) in [5.74, 6) is -1.64. The average Bonchev–Trinajstić information content (AvgIpc) is 3.50. The number of aliphatic hydroxyl groups is 1. The molecule has 3 heterocycles. The highest BCUT2D eigenvalue weighted by Gasteiger charge is 2.56. The highest BCUT2D eigenvalue weighted by atomic mass is 31.2. The largest absolute Gasteiger partial charge is 0.479 e. The third-order valence-electron chi connectivity index (χ3n) is 6.66. The van der Waals surface area contributed by atoms with Crippen LogP contribution in [-0.4, -0.2) is 74.6 Å². The molecule has 1 aliphatic rings. The summed E-state index contributed by atoms with van der Waals surface area (Å²) in [6.45, 7) is 6.73. The zero-order valence-corrected chi connectivity index (χ0v) is 26.3. The minimum Gasteiger partial charge on any atom is -0.479 e. The Morgan fingerprint density at radius 3 is 2.58 bits per heavy atom. The van der Waals surface area contributed by atoms with E-state index in [2.05, 4.69) is 26.1 Å². The van der Waals surface area contributed by atoms with Crippen molar-refractivity contribution in [2.45, 2.75) is 65.2 Å². The number of benzene rings is 1. The van der Waals surface area contributed by atoms with E-state index >= 15 is 0 Å². The van der Waals surface area contributed by atoms with Gasteiger partial charge in [0.05, 0.1) is 32.2 Å². The van der Waals surface area contributed by atoms with Gasteiger partial charge in [0.1, 0.15) is 23.7 Å². The lowest BCUT2D eigenvalue weighted by atomic mass is 9.84. The molecular formula is C27H34N7O10P. The first kappa shape index (κ1) is 33.6. The van der Waals surface area contributed by atoms with Crippen LogP contribution in [-0.2, 0) is 28.2 Å². The molecule has 4 N–H and O–H groups in total. The van der Waals surface area contributed by atoms with E-state index in [0.29, 0.717) is 0 Å². The number of esters is 2. The van der Waals surface area contributed by atoms with Gasteiger partial charge in [-0.15, -0.1) is 0 Å². The van der Waals surface area contributed by atoms with Crippen molar-refractivity contribution in [2.24, 2.45) is 5.41 Å². The van der Waals surface area contributed by atoms with Crippen LogP contribution < -0.4 is 24.8 Å². The third-order valence-corrected chi connectivity index (χ3v) is 8.29. The van der Waals surface area contributed by atoms with Crippen LogP contribution in [0.3, 0.4) is 0 Å². The summed E-state index contributed by atoms with van der Waals surface area (Å²) in [5, 5.41) is 24.0. The number of carbonyl (C=O) groups is 2. The quantitative estimate of drug-likeness (QED) is 0.145. The predicted molar refractivity (Wildman–Crippen MR) is 156 cm³/mol. The van der Waals surface area contributed by atoms with Crippen molar-refractivity contribution in [1.82, 2.24) is 24.6 Å². The number of fused-ring (bicyclic) bond motifs is 1. The highest BCUT2D eigenvalue weighted by Crippen LogP contribution is 2.51. The van der Waals surface area contributed by atoms with Crippen LogP contribution in [0.25, 0.3) is 11.2 Å². The van der Waals surface area contributed by atoms with Gasteiger partial charge in [0.2, 0.25) is 11.8 Å². The molecule has 17 nitrogen and oxygen atoms in total. The fraction of sp³-hybridized carbons (Fsp3) is 0.481. The molecule has 0 saturated carbocycles. The third kappa shape index (κ3) is 7.16. The number of methoxy groups -OCH3 is 1. The summed E-state index contributed by atoms with van der Waals surface area (Å²) in [4.78, 5) is 36.6. The summed E-state index contributed by atoms with van der Waals surface area (Å²) in [6, 6.07) is 6.78. The van der Waals surface area contributed by atoms with E-state index in [4.69, 9.17) is 33.7 Å². The Morgan fingerprint density at radius 2 is 1.96 bits per heavy atom. The van der Waals surface area contributed by atoms with Crippen LogP contribution in [0, 0.1) is 16.7 Å². The second-order valence-corrected chi connectivity index (χ2v) is 12.2. The van der Waals surface area contributed by atoms with Crippen molar-refractivity contribution in [3.05, 3.63) is 30.6 Å². The van der Waals surface area contributed by atoms with Gasteiger partial charge in [-0.05, 0) is 39.8 Å². The number of nitrogen functional groups attached to an aromatic ring is 1. The number of imidazole rings is 1. The Bertz CT molecular complexity index is 1660. The monoisotopic (exact) mass is 647 g/mol. The van der Waals surface area contributed by atoms with E-state index in [9.17, 15) is 24.5 Å². The molecule has 4 rings (SSSR count). The van der Waals surface area contributed by atoms with Crippen LogP contribution in [0.2, 0.25) is 0 Å². The average molecular weight is 648 g/mol.